The molecule has 28 heavy (non-hydrogen) atoms. The van der Waals surface area contributed by atoms with Crippen LogP contribution in [0.1, 0.15) is 31.7 Å². The van der Waals surface area contributed by atoms with Crippen LogP contribution >= 0.6 is 0 Å². The normalized spacial score (nSPS) is 19.0. The van der Waals surface area contributed by atoms with Crippen molar-refractivity contribution in [2.24, 2.45) is 0 Å². The number of H-pyrrole nitrogens is 1. The molecule has 2 aromatic heterocycles. The van der Waals surface area contributed by atoms with E-state index in [1.165, 1.54) is 42.4 Å². The van der Waals surface area contributed by atoms with Crippen molar-refractivity contribution in [2.45, 2.75) is 31.7 Å². The van der Waals surface area contributed by atoms with E-state index in [1.807, 2.05) is 0 Å². The molecule has 0 spiro atoms. The van der Waals surface area contributed by atoms with Crippen LogP contribution in [0, 0.1) is 0 Å². The fourth-order valence-corrected chi connectivity index (χ4v) is 4.54. The van der Waals surface area contributed by atoms with Crippen LogP contribution in [0.15, 0.2) is 42.7 Å². The molecule has 1 aliphatic carbocycles. The fraction of sp³-hybridized carbons (Fsp3) is 0.455. The number of piperazine rings is 1. The van der Waals surface area contributed by atoms with E-state index in [9.17, 15) is 0 Å². The minimum Gasteiger partial charge on any atom is -0.369 e. The Bertz CT molecular complexity index is 933. The zero-order valence-electron chi connectivity index (χ0n) is 16.6. The number of anilines is 1. The second-order valence-electron chi connectivity index (χ2n) is 8.25. The first-order chi connectivity index (χ1) is 13.8. The van der Waals surface area contributed by atoms with Crippen LogP contribution in [0.5, 0.6) is 0 Å². The third kappa shape index (κ3) is 3.50. The van der Waals surface area contributed by atoms with Gasteiger partial charge in [0.1, 0.15) is 11.9 Å². The summed E-state index contributed by atoms with van der Waals surface area (Å²) in [6, 6.07) is 11.6. The number of rotatable bonds is 4. The highest BCUT2D eigenvalue weighted by Gasteiger charge is 2.23. The molecule has 2 fully saturated rings. The van der Waals surface area contributed by atoms with Gasteiger partial charge in [0.25, 0.3) is 5.65 Å². The van der Waals surface area contributed by atoms with Crippen LogP contribution < -0.4 is 15.2 Å². The summed E-state index contributed by atoms with van der Waals surface area (Å²) in [5, 5.41) is 3.33. The number of benzene rings is 1. The van der Waals surface area contributed by atoms with Crippen LogP contribution in [0.4, 0.5) is 17.3 Å². The van der Waals surface area contributed by atoms with Gasteiger partial charge in [0.2, 0.25) is 0 Å². The second-order valence-corrected chi connectivity index (χ2v) is 8.25. The summed E-state index contributed by atoms with van der Waals surface area (Å²) in [6.45, 7) is 4.47. The number of nitrogens with zero attached hydrogens (tertiary/aromatic N) is 4. The lowest BCUT2D eigenvalue weighted by molar-refractivity contribution is -0.590. The molecule has 146 valence electrons. The number of hydrogen-bond donors (Lipinski definition) is 1. The van der Waals surface area contributed by atoms with Gasteiger partial charge in [-0.15, -0.1) is 0 Å². The molecule has 0 amide bonds. The van der Waals surface area contributed by atoms with Gasteiger partial charge in [-0.05, 0) is 38.1 Å². The number of nitrogens with one attached hydrogen (secondary N) is 1. The maximum Gasteiger partial charge on any atom is 0.498 e. The summed E-state index contributed by atoms with van der Waals surface area (Å²) in [6.07, 6.45) is 9.51. The van der Waals surface area contributed by atoms with Crippen LogP contribution in [0.2, 0.25) is 0 Å². The highest BCUT2D eigenvalue weighted by Crippen LogP contribution is 2.31. The molecule has 0 bridgehead atoms. The Labute approximate surface area is 166 Å². The van der Waals surface area contributed by atoms with E-state index >= 15 is 0 Å². The molecule has 3 N–H and O–H groups in total. The lowest BCUT2D eigenvalue weighted by Crippen LogP contribution is -2.74. The summed E-state index contributed by atoms with van der Waals surface area (Å²) in [4.78, 5) is 13.1. The first kappa shape index (κ1) is 17.6. The molecule has 2 aliphatic rings. The third-order valence-corrected chi connectivity index (χ3v) is 6.30. The molecule has 0 radical (unpaired) electrons. The Morgan fingerprint density at radius 3 is 2.50 bits per heavy atom. The number of nitrogens with two attached hydrogens (primary N) is 1. The first-order valence-corrected chi connectivity index (χ1v) is 10.5. The van der Waals surface area contributed by atoms with E-state index in [0.717, 1.165) is 37.8 Å². The highest BCUT2D eigenvalue weighted by molar-refractivity contribution is 5.74. The summed E-state index contributed by atoms with van der Waals surface area (Å²) in [5.41, 5.74) is 3.60. The van der Waals surface area contributed by atoms with Crippen LogP contribution in [-0.2, 0) is 0 Å². The largest absolute Gasteiger partial charge is 0.498 e. The molecule has 0 unspecified atom stereocenters. The van der Waals surface area contributed by atoms with Gasteiger partial charge >= 0.3 is 5.95 Å². The van der Waals surface area contributed by atoms with E-state index < -0.39 is 0 Å². The molecule has 5 rings (SSSR count). The van der Waals surface area contributed by atoms with Crippen LogP contribution in [-0.4, -0.2) is 47.7 Å². The Morgan fingerprint density at radius 1 is 1.00 bits per heavy atom. The van der Waals surface area contributed by atoms with Gasteiger partial charge in [0.05, 0.1) is 5.39 Å². The number of hydrogen-bond acceptors (Lipinski definition) is 3. The topological polar surface area (TPSA) is 55.1 Å². The van der Waals surface area contributed by atoms with E-state index in [4.69, 9.17) is 4.98 Å². The maximum absolute atomic E-state index is 4.93. The van der Waals surface area contributed by atoms with Crippen molar-refractivity contribution < 1.29 is 10.3 Å². The van der Waals surface area contributed by atoms with Crippen LogP contribution in [0.3, 0.4) is 0 Å². The van der Waals surface area contributed by atoms with Crippen LogP contribution in [0.25, 0.3) is 11.0 Å². The van der Waals surface area contributed by atoms with Crippen molar-refractivity contribution >= 4 is 28.4 Å². The Morgan fingerprint density at radius 2 is 1.75 bits per heavy atom. The van der Waals surface area contributed by atoms with Crippen molar-refractivity contribution in [2.75, 3.05) is 38.1 Å². The smallest absolute Gasteiger partial charge is 0.369 e. The van der Waals surface area contributed by atoms with Crippen molar-refractivity contribution in [3.63, 3.8) is 0 Å². The Kier molecular flexibility index (Phi) is 4.74. The lowest BCUT2D eigenvalue weighted by Gasteiger charge is -2.34. The first-order valence-electron chi connectivity index (χ1n) is 10.5. The summed E-state index contributed by atoms with van der Waals surface area (Å²) in [7, 11) is 2.19. The van der Waals surface area contributed by atoms with Gasteiger partial charge in [-0.2, -0.15) is 4.98 Å². The van der Waals surface area contributed by atoms with E-state index in [2.05, 4.69) is 74.4 Å². The molecule has 0 atom stereocenters. The summed E-state index contributed by atoms with van der Waals surface area (Å²) in [5.74, 6) is 0.915. The predicted octanol–water partition coefficient (Wildman–Crippen LogP) is 2.24. The number of fused-ring (bicyclic) bond motifs is 1. The zero-order chi connectivity index (χ0) is 18.9. The molecule has 3 heterocycles. The number of aromatic amines is 1. The standard InChI is InChI=1S/C22H28N6/c1-26-12-14-27(15-13-26)19-8-6-18(7-9-19)24-22-23-16-17-10-11-28(21(17)25-22)20-4-2-3-5-20/h6-11,16,20H,2-5,12-15H2,1H3,(H,23,24,25)/p+2. The lowest BCUT2D eigenvalue weighted by atomic mass is 10.2. The number of aromatic nitrogens is 3. The van der Waals surface area contributed by atoms with Gasteiger partial charge < -0.3 is 14.4 Å². The average molecular weight is 379 g/mol. The average Bonchev–Trinajstić information content (AvgIpc) is 3.38. The summed E-state index contributed by atoms with van der Waals surface area (Å²) < 4.78 is 2.38. The molecule has 1 aromatic carbocycles. The molecule has 1 saturated carbocycles. The van der Waals surface area contributed by atoms with E-state index in [0.29, 0.717) is 6.04 Å². The van der Waals surface area contributed by atoms with Crippen molar-refractivity contribution in [1.82, 2.24) is 14.5 Å². The SMILES string of the molecule is CN1CCN(c2ccc([NH2+]c3nc4c(ccn4C4CCCC4)c[nH+]3)cc2)CC1. The van der Waals surface area contributed by atoms with Gasteiger partial charge in [-0.25, -0.2) is 5.32 Å². The van der Waals surface area contributed by atoms with Gasteiger partial charge in [-0.3, -0.25) is 0 Å². The molecule has 6 nitrogen and oxygen atoms in total. The molecule has 1 saturated heterocycles. The van der Waals surface area contributed by atoms with E-state index in [1.54, 1.807) is 0 Å². The third-order valence-electron chi connectivity index (χ3n) is 6.30. The highest BCUT2D eigenvalue weighted by atomic mass is 15.2. The van der Waals surface area contributed by atoms with Gasteiger partial charge in [-0.1, -0.05) is 12.8 Å². The van der Waals surface area contributed by atoms with Crippen molar-refractivity contribution in [1.29, 1.82) is 0 Å². The minimum absolute atomic E-state index is 0.614. The Hall–Kier alpha value is -2.44. The second kappa shape index (κ2) is 7.53. The molecule has 3 aromatic rings. The zero-order valence-corrected chi connectivity index (χ0v) is 16.6. The number of quaternary nitrogens is 1. The summed E-state index contributed by atoms with van der Waals surface area (Å²) >= 11 is 0. The number of likely N-dealkylation sites (N-methyl/N-ethyl adjacent to an activating group) is 1. The van der Waals surface area contributed by atoms with Crippen molar-refractivity contribution in [3.05, 3.63) is 42.7 Å². The predicted molar refractivity (Wildman–Crippen MR) is 111 cm³/mol. The molecule has 6 heteroatoms. The van der Waals surface area contributed by atoms with E-state index in [-0.39, 0.29) is 0 Å². The molecular weight excluding hydrogens is 348 g/mol. The van der Waals surface area contributed by atoms with Gasteiger partial charge in [0.15, 0.2) is 0 Å². The monoisotopic (exact) mass is 378 g/mol. The maximum atomic E-state index is 4.93. The molecule has 1 aliphatic heterocycles. The quantitative estimate of drug-likeness (QED) is 0.709. The minimum atomic E-state index is 0.614. The van der Waals surface area contributed by atoms with Gasteiger partial charge in [0, 0.05) is 61.2 Å². The van der Waals surface area contributed by atoms with Crippen molar-refractivity contribution in [3.8, 4) is 0 Å². The fourth-order valence-electron chi connectivity index (χ4n) is 4.54. The Balaban J connectivity index is 1.32. The molecular formula is C22H30N6+2.